The molecule has 24 nitrogen and oxygen atoms in total. The number of allylic oxidation sites excluding steroid dienone is 2. The lowest BCUT2D eigenvalue weighted by molar-refractivity contribution is -0.164. The summed E-state index contributed by atoms with van der Waals surface area (Å²) in [5.41, 5.74) is 0. The standard InChI is InChI=1S/C74H130N10O14/c1-27-29-30-49(13)66(98-54(18)85)65-67(89)75-56(28-2)71(93)76(19)53(17)69(91)81(24)64(52(16)43-84-33-31-83(32-34-84)35-36-97-26)62(88)42-55(47(9)10)70(92)77(20)57(37-44(3)4)61(87)40-50(14)60(86)41-51(15)68(90)78(21)58(38-45(5)6)72(94)79(22)59(39-46(7)8)73(95)80(23)63(48(11)12)74(96)82(65)25/h27,29,44-53,55-59,63-66H,28,30-43H2,1-26H3,(H,75,89)/b29-27+/t49-,50-,51+,52-,53-,55+,56+,57+,58+,59+,63+,64+,65+,66-/m1/s1. The Balaban J connectivity index is 3.12. The van der Waals surface area contributed by atoms with Crippen LogP contribution in [0, 0.1) is 59.2 Å². The van der Waals surface area contributed by atoms with Gasteiger partial charge in [0.05, 0.1) is 18.7 Å². The third kappa shape index (κ3) is 24.6. The number of amides is 8. The van der Waals surface area contributed by atoms with Gasteiger partial charge >= 0.3 is 5.97 Å². The number of ketones is 3. The summed E-state index contributed by atoms with van der Waals surface area (Å²) < 4.78 is 11.3. The van der Waals surface area contributed by atoms with E-state index in [1.54, 1.807) is 61.8 Å². The third-order valence-electron chi connectivity index (χ3n) is 20.2. The van der Waals surface area contributed by atoms with Crippen LogP contribution in [-0.2, 0) is 67.0 Å². The number of esters is 1. The second-order valence-electron chi connectivity index (χ2n) is 30.4. The van der Waals surface area contributed by atoms with E-state index in [4.69, 9.17) is 9.47 Å². The van der Waals surface area contributed by atoms with E-state index >= 15 is 38.4 Å². The van der Waals surface area contributed by atoms with E-state index in [2.05, 4.69) is 15.1 Å². The van der Waals surface area contributed by atoms with Crippen LogP contribution in [0.2, 0.25) is 0 Å². The van der Waals surface area contributed by atoms with Crippen molar-refractivity contribution in [3.8, 4) is 0 Å². The second kappa shape index (κ2) is 40.9. The molecular formula is C74H130N10O14. The van der Waals surface area contributed by atoms with E-state index in [1.165, 1.54) is 85.5 Å². The summed E-state index contributed by atoms with van der Waals surface area (Å²) in [5, 5.41) is 2.86. The van der Waals surface area contributed by atoms with Crippen LogP contribution in [0.15, 0.2) is 12.2 Å². The minimum atomic E-state index is -1.61. The predicted molar refractivity (Wildman–Crippen MR) is 381 cm³/mol. The summed E-state index contributed by atoms with van der Waals surface area (Å²) in [5.74, 6) is -12.2. The van der Waals surface area contributed by atoms with Crippen LogP contribution in [0.3, 0.4) is 0 Å². The van der Waals surface area contributed by atoms with Gasteiger partial charge < -0.3 is 54.0 Å². The molecule has 0 unspecified atom stereocenters. The molecule has 98 heavy (non-hydrogen) atoms. The highest BCUT2D eigenvalue weighted by Crippen LogP contribution is 2.30. The van der Waals surface area contributed by atoms with Gasteiger partial charge in [-0.05, 0) is 87.4 Å². The lowest BCUT2D eigenvalue weighted by Gasteiger charge is -2.42. The number of likely N-dealkylation sites (N-methyl/N-ethyl adjacent to an activating group) is 7. The van der Waals surface area contributed by atoms with Gasteiger partial charge in [0.15, 0.2) is 11.6 Å². The maximum atomic E-state index is 15.6. The van der Waals surface area contributed by atoms with Gasteiger partial charge in [-0.3, -0.25) is 62.4 Å². The van der Waals surface area contributed by atoms with Crippen LogP contribution in [0.1, 0.15) is 176 Å². The average Bonchev–Trinajstić information content (AvgIpc) is 0.800. The molecule has 2 heterocycles. The van der Waals surface area contributed by atoms with Crippen molar-refractivity contribution in [3.63, 3.8) is 0 Å². The monoisotopic (exact) mass is 1380 g/mol. The van der Waals surface area contributed by atoms with Gasteiger partial charge in [0, 0.05) is 140 Å². The van der Waals surface area contributed by atoms with Gasteiger partial charge in [0.25, 0.3) is 0 Å². The molecule has 2 aliphatic rings. The Morgan fingerprint density at radius 1 is 0.520 bits per heavy atom. The molecular weight excluding hydrogens is 1250 g/mol. The molecule has 0 aromatic carbocycles. The smallest absolute Gasteiger partial charge is 0.303 e. The molecule has 2 saturated heterocycles. The molecule has 2 rings (SSSR count). The minimum Gasteiger partial charge on any atom is -0.459 e. The highest BCUT2D eigenvalue weighted by atomic mass is 16.5. The molecule has 2 aliphatic heterocycles. The molecule has 1 N–H and O–H groups in total. The van der Waals surface area contributed by atoms with Crippen LogP contribution in [0.25, 0.3) is 0 Å². The van der Waals surface area contributed by atoms with Crippen LogP contribution >= 0.6 is 0 Å². The Morgan fingerprint density at radius 3 is 1.47 bits per heavy atom. The molecule has 24 heteroatoms. The quantitative estimate of drug-likeness (QED) is 0.103. The van der Waals surface area contributed by atoms with Crippen LogP contribution in [-0.4, -0.2) is 271 Å². The van der Waals surface area contributed by atoms with Gasteiger partial charge in [-0.15, -0.1) is 0 Å². The predicted octanol–water partition coefficient (Wildman–Crippen LogP) is 6.35. The molecule has 0 aromatic rings. The molecule has 0 aromatic heterocycles. The topological polar surface area (TPSA) is 264 Å². The molecule has 0 radical (unpaired) electrons. The van der Waals surface area contributed by atoms with E-state index in [-0.39, 0.29) is 74.3 Å². The zero-order valence-corrected chi connectivity index (χ0v) is 65.0. The van der Waals surface area contributed by atoms with Crippen molar-refractivity contribution in [2.45, 2.75) is 230 Å². The molecule has 2 fully saturated rings. The SMILES string of the molecule is C/C=C/C[C@@H](C)[C@@H](OC(C)=O)[C@H]1C(=O)N[C@@H](CC)C(=O)N(C)[C@H](C)C(=O)N(C)[C@@H]([C@H](C)CN2CCN(CCOC)CC2)C(=O)C[C@@H](C(C)C)C(=O)N(C)[C@@H](CC(C)C)C(=O)C[C@@H](C)C(=O)C[C@H](C)C(=O)N(C)[C@@H](CC(C)C)C(=O)N(C)[C@@H](CC(C)C)C(=O)N(C)[C@@H](C(C)C)C(=O)N1C. The fraction of sp³-hybridized carbons (Fsp3) is 0.811. The van der Waals surface area contributed by atoms with Crippen molar-refractivity contribution in [1.82, 2.24) is 49.4 Å². The number of piperazine rings is 1. The van der Waals surface area contributed by atoms with Crippen molar-refractivity contribution in [2.24, 2.45) is 59.2 Å². The number of hydrogen-bond donors (Lipinski definition) is 1. The zero-order chi connectivity index (χ0) is 75.2. The maximum absolute atomic E-state index is 15.6. The molecule has 14 atom stereocenters. The zero-order valence-electron chi connectivity index (χ0n) is 65.0. The Morgan fingerprint density at radius 2 is 0.990 bits per heavy atom. The average molecular weight is 1380 g/mol. The van der Waals surface area contributed by atoms with Crippen molar-refractivity contribution in [3.05, 3.63) is 12.2 Å². The van der Waals surface area contributed by atoms with Crippen LogP contribution in [0.4, 0.5) is 0 Å². The number of hydrogen-bond acceptors (Lipinski definition) is 16. The Bertz CT molecular complexity index is 2710. The lowest BCUT2D eigenvalue weighted by Crippen LogP contribution is -2.64. The normalized spacial score (nSPS) is 27.5. The highest BCUT2D eigenvalue weighted by Gasteiger charge is 2.48. The summed E-state index contributed by atoms with van der Waals surface area (Å²) in [4.78, 5) is 193. The minimum absolute atomic E-state index is 0.00451. The fourth-order valence-corrected chi connectivity index (χ4v) is 13.9. The van der Waals surface area contributed by atoms with Gasteiger partial charge in [-0.2, -0.15) is 0 Å². The van der Waals surface area contributed by atoms with Gasteiger partial charge in [0.1, 0.15) is 48.1 Å². The summed E-state index contributed by atoms with van der Waals surface area (Å²) in [6.45, 7) is 36.2. The Hall–Kier alpha value is -6.14. The van der Waals surface area contributed by atoms with Crippen molar-refractivity contribution in [2.75, 3.05) is 102 Å². The third-order valence-corrected chi connectivity index (χ3v) is 20.2. The van der Waals surface area contributed by atoms with Gasteiger partial charge in [-0.1, -0.05) is 116 Å². The molecule has 0 aliphatic carbocycles. The maximum Gasteiger partial charge on any atom is 0.303 e. The van der Waals surface area contributed by atoms with Crippen molar-refractivity contribution >= 4 is 70.6 Å². The lowest BCUT2D eigenvalue weighted by atomic mass is 9.83. The summed E-state index contributed by atoms with van der Waals surface area (Å²) in [6.07, 6.45) is 2.37. The number of ether oxygens (including phenoxy) is 2. The van der Waals surface area contributed by atoms with Crippen molar-refractivity contribution < 1.29 is 67.0 Å². The highest BCUT2D eigenvalue weighted by molar-refractivity contribution is 6.00. The fourth-order valence-electron chi connectivity index (χ4n) is 13.9. The Labute approximate surface area is 588 Å². The molecule has 8 amide bonds. The first-order chi connectivity index (χ1) is 45.5. The molecule has 0 bridgehead atoms. The Kier molecular flexibility index (Phi) is 36.7. The first-order valence-corrected chi connectivity index (χ1v) is 36.0. The summed E-state index contributed by atoms with van der Waals surface area (Å²) in [6, 6.07) is -9.83. The molecule has 0 saturated carbocycles. The molecule has 0 spiro atoms. The number of methoxy groups -OCH3 is 1. The van der Waals surface area contributed by atoms with Gasteiger partial charge in [0.2, 0.25) is 47.3 Å². The summed E-state index contributed by atoms with van der Waals surface area (Å²) in [7, 11) is 12.0. The number of Topliss-reactive ketones (excluding diaryl/α,β-unsaturated/α-hetero) is 3. The number of carbonyl (C=O) groups excluding carboxylic acids is 12. The summed E-state index contributed by atoms with van der Waals surface area (Å²) >= 11 is 0. The van der Waals surface area contributed by atoms with Crippen LogP contribution < -0.4 is 5.32 Å². The number of carbonyl (C=O) groups is 12. The first-order valence-electron chi connectivity index (χ1n) is 36.0. The number of nitrogens with one attached hydrogen (secondary N) is 1. The first kappa shape index (κ1) is 87.9. The molecule has 560 valence electrons. The van der Waals surface area contributed by atoms with E-state index in [1.807, 2.05) is 75.3 Å². The van der Waals surface area contributed by atoms with Crippen molar-refractivity contribution in [1.29, 1.82) is 0 Å². The number of nitrogens with zero attached hydrogens (tertiary/aromatic N) is 9. The second-order valence-corrected chi connectivity index (χ2v) is 30.4. The van der Waals surface area contributed by atoms with E-state index in [0.29, 0.717) is 32.7 Å². The largest absolute Gasteiger partial charge is 0.459 e. The van der Waals surface area contributed by atoms with Gasteiger partial charge in [-0.25, -0.2) is 0 Å². The van der Waals surface area contributed by atoms with E-state index in [9.17, 15) is 19.2 Å². The van der Waals surface area contributed by atoms with Crippen LogP contribution in [0.5, 0.6) is 0 Å². The number of rotatable bonds is 20. The van der Waals surface area contributed by atoms with E-state index in [0.717, 1.165) is 24.5 Å². The van der Waals surface area contributed by atoms with E-state index < -0.39 is 155 Å².